The van der Waals surface area contributed by atoms with Crippen LogP contribution >= 0.6 is 15.9 Å². The zero-order chi connectivity index (χ0) is 13.7. The highest BCUT2D eigenvalue weighted by molar-refractivity contribution is 9.10. The van der Waals surface area contributed by atoms with E-state index < -0.39 is 0 Å². The number of hydrogen-bond donors (Lipinski definition) is 1. The van der Waals surface area contributed by atoms with Gasteiger partial charge >= 0.3 is 0 Å². The van der Waals surface area contributed by atoms with Gasteiger partial charge in [0, 0.05) is 18.1 Å². The second-order valence-corrected chi connectivity index (χ2v) is 6.19. The highest BCUT2D eigenvalue weighted by Crippen LogP contribution is 2.15. The third-order valence-corrected chi connectivity index (χ3v) is 4.15. The molecule has 1 aromatic carbocycles. The second-order valence-electron chi connectivity index (χ2n) is 5.27. The van der Waals surface area contributed by atoms with Gasteiger partial charge in [0.25, 0.3) is 0 Å². The number of rotatable bonds is 4. The molecular weight excluding hydrogens is 304 g/mol. The molecule has 4 heteroatoms. The van der Waals surface area contributed by atoms with Crippen molar-refractivity contribution in [2.75, 3.05) is 26.7 Å². The first-order valence-corrected chi connectivity index (χ1v) is 7.63. The Kier molecular flexibility index (Phi) is 5.40. The number of carbonyl (C=O) groups is 1. The molecule has 19 heavy (non-hydrogen) atoms. The number of likely N-dealkylation sites (N-methyl/N-ethyl adjacent to an activating group) is 1. The Hall–Kier alpha value is -0.870. The molecule has 0 spiro atoms. The van der Waals surface area contributed by atoms with E-state index in [-0.39, 0.29) is 5.91 Å². The number of amides is 1. The zero-order valence-corrected chi connectivity index (χ0v) is 12.9. The third-order valence-electron chi connectivity index (χ3n) is 3.66. The Morgan fingerprint density at radius 3 is 2.84 bits per heavy atom. The monoisotopic (exact) mass is 324 g/mol. The Balaban J connectivity index is 1.84. The quantitative estimate of drug-likeness (QED) is 0.922. The van der Waals surface area contributed by atoms with E-state index in [0.29, 0.717) is 12.3 Å². The van der Waals surface area contributed by atoms with Crippen LogP contribution in [0, 0.1) is 5.92 Å². The topological polar surface area (TPSA) is 32.3 Å². The van der Waals surface area contributed by atoms with Gasteiger partial charge in [0.05, 0.1) is 6.42 Å². The van der Waals surface area contributed by atoms with Crippen LogP contribution < -0.4 is 5.32 Å². The molecule has 1 amide bonds. The van der Waals surface area contributed by atoms with E-state index in [1.54, 1.807) is 0 Å². The Labute approximate surface area is 123 Å². The van der Waals surface area contributed by atoms with Crippen LogP contribution in [0.5, 0.6) is 0 Å². The van der Waals surface area contributed by atoms with Crippen LogP contribution in [0.2, 0.25) is 0 Å². The minimum atomic E-state index is 0.205. The van der Waals surface area contributed by atoms with Gasteiger partial charge in [-0.2, -0.15) is 0 Å². The molecule has 104 valence electrons. The average Bonchev–Trinajstić information content (AvgIpc) is 2.40. The van der Waals surface area contributed by atoms with Crippen molar-refractivity contribution >= 4 is 21.8 Å². The van der Waals surface area contributed by atoms with Crippen molar-refractivity contribution < 1.29 is 4.79 Å². The molecule has 0 atom stereocenters. The summed E-state index contributed by atoms with van der Waals surface area (Å²) in [6, 6.07) is 7.96. The molecular formula is C15H21BrN2O. The normalized spacial score (nSPS) is 16.3. The predicted molar refractivity (Wildman–Crippen MR) is 81.1 cm³/mol. The van der Waals surface area contributed by atoms with Crippen LogP contribution in [-0.4, -0.2) is 37.5 Å². The molecule has 1 aromatic rings. The first kappa shape index (κ1) is 14.5. The maximum Gasteiger partial charge on any atom is 0.226 e. The first-order valence-electron chi connectivity index (χ1n) is 6.84. The molecule has 0 saturated carbocycles. The largest absolute Gasteiger partial charge is 0.345 e. The van der Waals surface area contributed by atoms with Crippen LogP contribution in [0.1, 0.15) is 18.4 Å². The summed E-state index contributed by atoms with van der Waals surface area (Å²) in [6.07, 6.45) is 2.84. The van der Waals surface area contributed by atoms with E-state index in [2.05, 4.69) is 21.2 Å². The molecule has 1 aliphatic rings. The number of halogens is 1. The number of nitrogens with zero attached hydrogens (tertiary/aromatic N) is 1. The summed E-state index contributed by atoms with van der Waals surface area (Å²) in [4.78, 5) is 14.1. The van der Waals surface area contributed by atoms with E-state index in [4.69, 9.17) is 0 Å². The van der Waals surface area contributed by atoms with Crippen molar-refractivity contribution in [2.24, 2.45) is 5.92 Å². The van der Waals surface area contributed by atoms with Gasteiger partial charge in [-0.15, -0.1) is 0 Å². The zero-order valence-electron chi connectivity index (χ0n) is 11.4. The van der Waals surface area contributed by atoms with Crippen LogP contribution in [0.3, 0.4) is 0 Å². The molecule has 0 radical (unpaired) electrons. The minimum Gasteiger partial charge on any atom is -0.345 e. The highest BCUT2D eigenvalue weighted by atomic mass is 79.9. The van der Waals surface area contributed by atoms with E-state index in [9.17, 15) is 4.79 Å². The van der Waals surface area contributed by atoms with Crippen molar-refractivity contribution in [3.63, 3.8) is 0 Å². The van der Waals surface area contributed by atoms with Crippen molar-refractivity contribution in [2.45, 2.75) is 19.3 Å². The first-order chi connectivity index (χ1) is 9.15. The molecule has 1 saturated heterocycles. The lowest BCUT2D eigenvalue weighted by atomic mass is 9.97. The third kappa shape index (κ3) is 4.62. The average molecular weight is 325 g/mol. The van der Waals surface area contributed by atoms with E-state index in [0.717, 1.165) is 29.7 Å². The fourth-order valence-electron chi connectivity index (χ4n) is 2.51. The number of carbonyl (C=O) groups excluding carboxylic acids is 1. The van der Waals surface area contributed by atoms with Gasteiger partial charge in [-0.3, -0.25) is 4.79 Å². The van der Waals surface area contributed by atoms with Gasteiger partial charge in [0.2, 0.25) is 5.91 Å². The summed E-state index contributed by atoms with van der Waals surface area (Å²) in [7, 11) is 1.92. The summed E-state index contributed by atoms with van der Waals surface area (Å²) in [5.74, 6) is 0.856. The van der Waals surface area contributed by atoms with Gasteiger partial charge in [-0.1, -0.05) is 28.1 Å². The van der Waals surface area contributed by atoms with Crippen LogP contribution in [0.15, 0.2) is 28.7 Å². The molecule has 3 nitrogen and oxygen atoms in total. The van der Waals surface area contributed by atoms with Crippen molar-refractivity contribution in [3.05, 3.63) is 34.3 Å². The van der Waals surface area contributed by atoms with Crippen molar-refractivity contribution in [1.82, 2.24) is 10.2 Å². The number of nitrogens with one attached hydrogen (secondary N) is 1. The van der Waals surface area contributed by atoms with Crippen LogP contribution in [0.25, 0.3) is 0 Å². The number of benzene rings is 1. The van der Waals surface area contributed by atoms with Crippen molar-refractivity contribution in [3.8, 4) is 0 Å². The summed E-state index contributed by atoms with van der Waals surface area (Å²) in [5, 5.41) is 3.35. The van der Waals surface area contributed by atoms with Gasteiger partial charge in [-0.05, 0) is 49.5 Å². The Morgan fingerprint density at radius 2 is 2.16 bits per heavy atom. The van der Waals surface area contributed by atoms with Crippen LogP contribution in [-0.2, 0) is 11.2 Å². The number of hydrogen-bond acceptors (Lipinski definition) is 2. The lowest BCUT2D eigenvalue weighted by molar-refractivity contribution is -0.129. The molecule has 2 rings (SSSR count). The van der Waals surface area contributed by atoms with Gasteiger partial charge < -0.3 is 10.2 Å². The lowest BCUT2D eigenvalue weighted by Gasteiger charge is -2.27. The van der Waals surface area contributed by atoms with E-state index in [1.165, 1.54) is 12.8 Å². The molecule has 1 aliphatic heterocycles. The molecule has 1 fully saturated rings. The van der Waals surface area contributed by atoms with Gasteiger partial charge in [-0.25, -0.2) is 0 Å². The summed E-state index contributed by atoms with van der Waals surface area (Å²) in [6.45, 7) is 3.05. The summed E-state index contributed by atoms with van der Waals surface area (Å²) in [5.41, 5.74) is 1.07. The SMILES string of the molecule is CN(CC1CCNCC1)C(=O)Cc1cccc(Br)c1. The maximum atomic E-state index is 12.2. The summed E-state index contributed by atoms with van der Waals surface area (Å²) >= 11 is 3.44. The van der Waals surface area contributed by atoms with Gasteiger partial charge in [0.15, 0.2) is 0 Å². The smallest absolute Gasteiger partial charge is 0.226 e. The van der Waals surface area contributed by atoms with Crippen LogP contribution in [0.4, 0.5) is 0 Å². The molecule has 1 heterocycles. The fraction of sp³-hybridized carbons (Fsp3) is 0.533. The Bertz CT molecular complexity index is 430. The second kappa shape index (κ2) is 7.06. The lowest BCUT2D eigenvalue weighted by Crippen LogP contribution is -2.37. The van der Waals surface area contributed by atoms with Gasteiger partial charge in [0.1, 0.15) is 0 Å². The van der Waals surface area contributed by atoms with Crippen molar-refractivity contribution in [1.29, 1.82) is 0 Å². The minimum absolute atomic E-state index is 0.205. The predicted octanol–water partition coefficient (Wildman–Crippen LogP) is 2.45. The molecule has 0 unspecified atom stereocenters. The maximum absolute atomic E-state index is 12.2. The van der Waals surface area contributed by atoms with E-state index in [1.807, 2.05) is 36.2 Å². The number of piperidine rings is 1. The highest BCUT2D eigenvalue weighted by Gasteiger charge is 2.18. The summed E-state index contributed by atoms with van der Waals surface area (Å²) < 4.78 is 1.03. The molecule has 0 aliphatic carbocycles. The van der Waals surface area contributed by atoms with E-state index >= 15 is 0 Å². The molecule has 0 bridgehead atoms. The standard InChI is InChI=1S/C15H21BrN2O/c1-18(11-12-5-7-17-8-6-12)15(19)10-13-3-2-4-14(16)9-13/h2-4,9,12,17H,5-8,10-11H2,1H3. The fourth-order valence-corrected chi connectivity index (χ4v) is 2.96. The Morgan fingerprint density at radius 1 is 1.42 bits per heavy atom. The molecule has 0 aromatic heterocycles. The molecule has 1 N–H and O–H groups in total.